The van der Waals surface area contributed by atoms with Crippen LogP contribution in [0, 0.1) is 23.5 Å². The van der Waals surface area contributed by atoms with Gasteiger partial charge in [0.25, 0.3) is 0 Å². The van der Waals surface area contributed by atoms with Crippen LogP contribution in [0.5, 0.6) is 5.75 Å². The second-order valence-electron chi connectivity index (χ2n) is 2.29. The Morgan fingerprint density at radius 2 is 2.08 bits per heavy atom. The molecule has 0 aliphatic heterocycles. The first-order valence-electron chi connectivity index (χ1n) is 3.71. The van der Waals surface area contributed by atoms with Gasteiger partial charge in [-0.15, -0.1) is 5.92 Å². The monoisotopic (exact) mass is 182 g/mol. The molecule has 68 valence electrons. The average Bonchev–Trinajstić information content (AvgIpc) is 2.12. The first kappa shape index (κ1) is 9.53. The van der Waals surface area contributed by atoms with Crippen molar-refractivity contribution >= 4 is 0 Å². The van der Waals surface area contributed by atoms with E-state index in [1.165, 1.54) is 6.07 Å². The van der Waals surface area contributed by atoms with Gasteiger partial charge < -0.3 is 4.74 Å². The van der Waals surface area contributed by atoms with Crippen molar-refractivity contribution in [3.63, 3.8) is 0 Å². The summed E-state index contributed by atoms with van der Waals surface area (Å²) < 4.78 is 30.0. The summed E-state index contributed by atoms with van der Waals surface area (Å²) >= 11 is 0. The number of ether oxygens (including phenoxy) is 1. The van der Waals surface area contributed by atoms with Gasteiger partial charge in [-0.25, -0.2) is 8.78 Å². The molecule has 13 heavy (non-hydrogen) atoms. The summed E-state index contributed by atoms with van der Waals surface area (Å²) in [6, 6.07) is 3.37. The predicted molar refractivity (Wildman–Crippen MR) is 45.3 cm³/mol. The zero-order chi connectivity index (χ0) is 9.68. The van der Waals surface area contributed by atoms with E-state index >= 15 is 0 Å². The second-order valence-corrected chi connectivity index (χ2v) is 2.29. The lowest BCUT2D eigenvalue weighted by molar-refractivity contribution is 0.365. The maximum Gasteiger partial charge on any atom is 0.162 e. The molecule has 0 fully saturated rings. The molecule has 0 spiro atoms. The predicted octanol–water partition coefficient (Wildman–Crippen LogP) is 2.37. The number of hydrogen-bond donors (Lipinski definition) is 0. The van der Waals surface area contributed by atoms with Crippen LogP contribution in [0.15, 0.2) is 18.2 Å². The van der Waals surface area contributed by atoms with Crippen LogP contribution >= 0.6 is 0 Å². The van der Waals surface area contributed by atoms with Crippen LogP contribution in [0.25, 0.3) is 0 Å². The topological polar surface area (TPSA) is 9.23 Å². The Balaban J connectivity index is 2.66. The molecule has 0 radical (unpaired) electrons. The van der Waals surface area contributed by atoms with Crippen molar-refractivity contribution in [1.82, 2.24) is 0 Å². The minimum absolute atomic E-state index is 0.182. The molecule has 0 amide bonds. The molecule has 0 N–H and O–H groups in total. The molecule has 0 heterocycles. The van der Waals surface area contributed by atoms with E-state index in [4.69, 9.17) is 4.74 Å². The van der Waals surface area contributed by atoms with Crippen LogP contribution in [0.1, 0.15) is 6.92 Å². The normalized spacial score (nSPS) is 8.85. The SMILES string of the molecule is CC#CCOc1ccc(F)c(F)c1. The van der Waals surface area contributed by atoms with E-state index in [1.54, 1.807) is 6.92 Å². The van der Waals surface area contributed by atoms with E-state index in [-0.39, 0.29) is 12.4 Å². The van der Waals surface area contributed by atoms with Crippen molar-refractivity contribution in [1.29, 1.82) is 0 Å². The summed E-state index contributed by atoms with van der Waals surface area (Å²) in [4.78, 5) is 0. The standard InChI is InChI=1S/C10H8F2O/c1-2-3-6-13-8-4-5-9(11)10(12)7-8/h4-5,7H,6H2,1H3. The van der Waals surface area contributed by atoms with Crippen LogP contribution in [-0.4, -0.2) is 6.61 Å². The second kappa shape index (κ2) is 4.46. The minimum atomic E-state index is -0.915. The Labute approximate surface area is 75.3 Å². The third kappa shape index (κ3) is 2.75. The zero-order valence-corrected chi connectivity index (χ0v) is 7.10. The summed E-state index contributed by atoms with van der Waals surface area (Å²) in [6.07, 6.45) is 0. The molecule has 1 aromatic rings. The number of benzene rings is 1. The lowest BCUT2D eigenvalue weighted by Crippen LogP contribution is -1.95. The van der Waals surface area contributed by atoms with Gasteiger partial charge in [0.15, 0.2) is 11.6 Å². The molecular weight excluding hydrogens is 174 g/mol. The van der Waals surface area contributed by atoms with Crippen molar-refractivity contribution in [2.45, 2.75) is 6.92 Å². The first-order valence-corrected chi connectivity index (χ1v) is 3.71. The van der Waals surface area contributed by atoms with E-state index in [9.17, 15) is 8.78 Å². The molecule has 0 atom stereocenters. The van der Waals surface area contributed by atoms with Crippen LogP contribution in [0.2, 0.25) is 0 Å². The van der Waals surface area contributed by atoms with Crippen LogP contribution in [0.4, 0.5) is 8.78 Å². The van der Waals surface area contributed by atoms with Gasteiger partial charge in [0, 0.05) is 6.07 Å². The summed E-state index contributed by atoms with van der Waals surface area (Å²) in [6.45, 7) is 1.86. The zero-order valence-electron chi connectivity index (χ0n) is 7.10. The summed E-state index contributed by atoms with van der Waals surface area (Å²) in [5.74, 6) is 3.75. The fraction of sp³-hybridized carbons (Fsp3) is 0.200. The molecule has 0 saturated carbocycles. The van der Waals surface area contributed by atoms with Gasteiger partial charge in [0.1, 0.15) is 12.4 Å². The van der Waals surface area contributed by atoms with Crippen molar-refractivity contribution < 1.29 is 13.5 Å². The van der Waals surface area contributed by atoms with E-state index in [1.807, 2.05) is 0 Å². The van der Waals surface area contributed by atoms with E-state index in [2.05, 4.69) is 11.8 Å². The van der Waals surface area contributed by atoms with Crippen molar-refractivity contribution in [2.24, 2.45) is 0 Å². The van der Waals surface area contributed by atoms with Gasteiger partial charge in [0.05, 0.1) is 0 Å². The van der Waals surface area contributed by atoms with Gasteiger partial charge in [0.2, 0.25) is 0 Å². The molecule has 0 aromatic heterocycles. The Hall–Kier alpha value is -1.56. The Morgan fingerprint density at radius 1 is 1.31 bits per heavy atom. The molecule has 0 aliphatic carbocycles. The smallest absolute Gasteiger partial charge is 0.162 e. The van der Waals surface area contributed by atoms with Crippen LogP contribution in [-0.2, 0) is 0 Å². The third-order valence-electron chi connectivity index (χ3n) is 1.38. The van der Waals surface area contributed by atoms with E-state index in [0.29, 0.717) is 0 Å². The average molecular weight is 182 g/mol. The summed E-state index contributed by atoms with van der Waals surface area (Å²) in [5, 5.41) is 0. The van der Waals surface area contributed by atoms with Crippen LogP contribution in [0.3, 0.4) is 0 Å². The number of hydrogen-bond acceptors (Lipinski definition) is 1. The van der Waals surface area contributed by atoms with Crippen molar-refractivity contribution in [2.75, 3.05) is 6.61 Å². The summed E-state index contributed by atoms with van der Waals surface area (Å²) in [5.41, 5.74) is 0. The van der Waals surface area contributed by atoms with Crippen molar-refractivity contribution in [3.8, 4) is 17.6 Å². The third-order valence-corrected chi connectivity index (χ3v) is 1.38. The summed E-state index contributed by atoms with van der Waals surface area (Å²) in [7, 11) is 0. The molecule has 1 nitrogen and oxygen atoms in total. The van der Waals surface area contributed by atoms with Crippen LogP contribution < -0.4 is 4.74 Å². The van der Waals surface area contributed by atoms with Gasteiger partial charge in [-0.05, 0) is 19.1 Å². The lowest BCUT2D eigenvalue weighted by atomic mass is 10.3. The number of halogens is 2. The highest BCUT2D eigenvalue weighted by molar-refractivity contribution is 5.24. The molecular formula is C10H8F2O. The largest absolute Gasteiger partial charge is 0.481 e. The highest BCUT2D eigenvalue weighted by atomic mass is 19.2. The molecule has 3 heteroatoms. The fourth-order valence-corrected chi connectivity index (χ4v) is 0.758. The highest BCUT2D eigenvalue weighted by Gasteiger charge is 2.01. The van der Waals surface area contributed by atoms with Crippen molar-refractivity contribution in [3.05, 3.63) is 29.8 Å². The molecule has 0 aliphatic rings. The quantitative estimate of drug-likeness (QED) is 0.638. The number of rotatable bonds is 2. The molecule has 1 aromatic carbocycles. The highest BCUT2D eigenvalue weighted by Crippen LogP contribution is 2.14. The Kier molecular flexibility index (Phi) is 3.27. The Bertz CT molecular complexity index is 350. The van der Waals surface area contributed by atoms with Gasteiger partial charge in [-0.2, -0.15) is 0 Å². The maximum absolute atomic E-state index is 12.6. The van der Waals surface area contributed by atoms with Gasteiger partial charge in [-0.1, -0.05) is 5.92 Å². The molecule has 1 rings (SSSR count). The first-order chi connectivity index (χ1) is 6.24. The van der Waals surface area contributed by atoms with Gasteiger partial charge in [-0.3, -0.25) is 0 Å². The molecule has 0 unspecified atom stereocenters. The lowest BCUT2D eigenvalue weighted by Gasteiger charge is -2.01. The maximum atomic E-state index is 12.6. The molecule has 0 saturated heterocycles. The van der Waals surface area contributed by atoms with Gasteiger partial charge >= 0.3 is 0 Å². The minimum Gasteiger partial charge on any atom is -0.481 e. The fourth-order valence-electron chi connectivity index (χ4n) is 0.758. The Morgan fingerprint density at radius 3 is 2.69 bits per heavy atom. The molecule has 0 bridgehead atoms. The van der Waals surface area contributed by atoms with E-state index in [0.717, 1.165) is 12.1 Å². The van der Waals surface area contributed by atoms with E-state index < -0.39 is 11.6 Å².